The topological polar surface area (TPSA) is 167 Å². The van der Waals surface area contributed by atoms with Gasteiger partial charge in [-0.15, -0.1) is 0 Å². The second-order valence-electron chi connectivity index (χ2n) is 20.3. The smallest absolute Gasteiger partial charge is 0.157 e. The molecule has 0 amide bonds. The van der Waals surface area contributed by atoms with Crippen LogP contribution in [0.3, 0.4) is 0 Å². The summed E-state index contributed by atoms with van der Waals surface area (Å²) in [5.41, 5.74) is 19.5. The zero-order valence-electron chi connectivity index (χ0n) is 44.9. The highest BCUT2D eigenvalue weighted by molar-refractivity contribution is 6.10. The van der Waals surface area contributed by atoms with Crippen LogP contribution in [0.4, 0.5) is 17.1 Å². The maximum absolute atomic E-state index is 10.2. The number of para-hydroxylation sites is 3. The number of benzene rings is 6. The Morgan fingerprint density at radius 2 is 0.762 bits per heavy atom. The molecule has 3 aliphatic heterocycles. The van der Waals surface area contributed by atoms with Gasteiger partial charge in [0.2, 0.25) is 0 Å². The number of aliphatic imine (C=N–C) groups is 3. The van der Waals surface area contributed by atoms with Crippen molar-refractivity contribution in [2.45, 2.75) is 79.7 Å². The molecule has 0 bridgehead atoms. The second kappa shape index (κ2) is 21.2. The summed E-state index contributed by atoms with van der Waals surface area (Å²) >= 11 is 0. The highest BCUT2D eigenvalue weighted by Gasteiger charge is 2.20. The molecule has 0 saturated heterocycles. The van der Waals surface area contributed by atoms with Gasteiger partial charge in [-0.2, -0.15) is 0 Å². The number of pyridine rings is 3. The van der Waals surface area contributed by atoms with E-state index in [2.05, 4.69) is 208 Å². The number of aromatic nitrogens is 6. The number of nitrogens with zero attached hydrogens (tertiary/aromatic N) is 9. The number of nitrogens with one attached hydrogen (secondary N) is 3. The lowest BCUT2D eigenvalue weighted by atomic mass is 10.1. The number of aromatic hydroxyl groups is 2. The van der Waals surface area contributed by atoms with Crippen molar-refractivity contribution in [3.63, 3.8) is 0 Å². The first-order valence-corrected chi connectivity index (χ1v) is 27.5. The summed E-state index contributed by atoms with van der Waals surface area (Å²) in [5, 5.41) is 38.4. The van der Waals surface area contributed by atoms with E-state index in [9.17, 15) is 10.2 Å². The Morgan fingerprint density at radius 1 is 0.400 bits per heavy atom. The van der Waals surface area contributed by atoms with Crippen LogP contribution in [0.2, 0.25) is 0 Å². The number of aryl methyl sites for hydroxylation is 3. The quantitative estimate of drug-likeness (QED) is 0.0806. The summed E-state index contributed by atoms with van der Waals surface area (Å²) in [5.74, 6) is 0.316. The molecule has 14 nitrogen and oxygen atoms in total. The molecular formula is C66H60N12O2. The average molecular weight is 1050 g/mol. The summed E-state index contributed by atoms with van der Waals surface area (Å²) in [6.07, 6.45) is 10.3. The van der Waals surface area contributed by atoms with Gasteiger partial charge in [0.15, 0.2) is 11.5 Å². The highest BCUT2D eigenvalue weighted by atomic mass is 16.3. The molecular weight excluding hydrogens is 993 g/mol. The van der Waals surface area contributed by atoms with E-state index < -0.39 is 0 Å². The SMILES string of the molecule is CCn1c2ccccc2c2cc(CNc3c(O)cnc4c3C=NC4)ccc21.CCn1c2ccccc2c2cc(CNc3c(O)cnc4c3C=NC4)ccc21.CCn1c2ccccc2c2cc(CNc3ccnc4c3C=NC4)ccc21. The Kier molecular flexibility index (Phi) is 13.2. The van der Waals surface area contributed by atoms with Gasteiger partial charge in [-0.3, -0.25) is 29.9 Å². The van der Waals surface area contributed by atoms with Crippen molar-refractivity contribution in [3.8, 4) is 11.5 Å². The molecule has 6 aromatic carbocycles. The van der Waals surface area contributed by atoms with Crippen molar-refractivity contribution in [1.82, 2.24) is 28.7 Å². The van der Waals surface area contributed by atoms with Crippen LogP contribution in [0.1, 0.15) is 71.2 Å². The van der Waals surface area contributed by atoms with E-state index in [1.54, 1.807) is 12.4 Å². The average Bonchev–Trinajstić information content (AvgIpc) is 4.45. The number of hydrogen-bond donors (Lipinski definition) is 5. The Labute approximate surface area is 462 Å². The van der Waals surface area contributed by atoms with Gasteiger partial charge in [0.25, 0.3) is 0 Å². The monoisotopic (exact) mass is 1050 g/mol. The molecule has 80 heavy (non-hydrogen) atoms. The number of fused-ring (bicyclic) bond motifs is 12. The summed E-state index contributed by atoms with van der Waals surface area (Å²) < 4.78 is 7.08. The minimum atomic E-state index is 0.158. The molecule has 12 aromatic rings. The Morgan fingerprint density at radius 3 is 1.18 bits per heavy atom. The number of hydrogen-bond acceptors (Lipinski definition) is 11. The molecule has 14 heteroatoms. The predicted molar refractivity (Wildman–Crippen MR) is 327 cm³/mol. The van der Waals surface area contributed by atoms with Gasteiger partial charge < -0.3 is 39.9 Å². The van der Waals surface area contributed by atoms with Gasteiger partial charge in [0, 0.05) is 152 Å². The van der Waals surface area contributed by atoms with Gasteiger partial charge in [-0.1, -0.05) is 72.8 Å². The van der Waals surface area contributed by atoms with E-state index in [0.29, 0.717) is 44.1 Å². The van der Waals surface area contributed by atoms with Crippen molar-refractivity contribution in [2.75, 3.05) is 16.0 Å². The van der Waals surface area contributed by atoms with Gasteiger partial charge in [-0.05, 0) is 98.1 Å². The first-order valence-electron chi connectivity index (χ1n) is 27.5. The standard InChI is InChI=1S/2C22H20N4O.C22H20N4/c2*1-2-26-19-6-4-3-5-15(19)16-9-14(7-8-20(16)26)10-25-22-17-11-23-12-18(17)24-13-21(22)27;1-2-26-21-6-4-3-5-16(21)17-11-15(7-8-22(17)26)12-25-19-9-10-24-20-14-23-13-18(19)20/h2*3-9,11,13,27H,2,10,12H2,1H3,(H,24,25);3-11,13H,2,12,14H2,1H3,(H,24,25). The van der Waals surface area contributed by atoms with E-state index in [-0.39, 0.29) is 11.5 Å². The molecule has 0 atom stereocenters. The zero-order valence-corrected chi connectivity index (χ0v) is 44.9. The molecule has 396 valence electrons. The van der Waals surface area contributed by atoms with Crippen LogP contribution in [-0.4, -0.2) is 57.5 Å². The number of anilines is 3. The lowest BCUT2D eigenvalue weighted by molar-refractivity contribution is 0.473. The van der Waals surface area contributed by atoms with Crippen molar-refractivity contribution < 1.29 is 10.2 Å². The highest BCUT2D eigenvalue weighted by Crippen LogP contribution is 2.36. The fourth-order valence-electron chi connectivity index (χ4n) is 11.9. The van der Waals surface area contributed by atoms with Gasteiger partial charge in [-0.25, -0.2) is 0 Å². The van der Waals surface area contributed by atoms with Gasteiger partial charge in [0.1, 0.15) is 0 Å². The molecule has 0 radical (unpaired) electrons. The second-order valence-corrected chi connectivity index (χ2v) is 20.3. The molecule has 9 heterocycles. The van der Waals surface area contributed by atoms with Crippen molar-refractivity contribution in [1.29, 1.82) is 0 Å². The fourth-order valence-corrected chi connectivity index (χ4v) is 11.9. The van der Waals surface area contributed by atoms with E-state index >= 15 is 0 Å². The van der Waals surface area contributed by atoms with Crippen molar-refractivity contribution >= 4 is 101 Å². The predicted octanol–water partition coefficient (Wildman–Crippen LogP) is 13.7. The summed E-state index contributed by atoms with van der Waals surface area (Å²) in [7, 11) is 0. The molecule has 3 aliphatic rings. The summed E-state index contributed by atoms with van der Waals surface area (Å²) in [4.78, 5) is 25.7. The number of rotatable bonds is 12. The van der Waals surface area contributed by atoms with E-state index in [4.69, 9.17) is 0 Å². The van der Waals surface area contributed by atoms with Crippen molar-refractivity contribution in [3.05, 3.63) is 203 Å². The van der Waals surface area contributed by atoms with Crippen LogP contribution in [0.15, 0.2) is 167 Å². The summed E-state index contributed by atoms with van der Waals surface area (Å²) in [6.45, 7) is 13.3. The molecule has 0 spiro atoms. The Hall–Kier alpha value is -9.82. The molecule has 0 unspecified atom stereocenters. The molecule has 6 aromatic heterocycles. The minimum Gasteiger partial charge on any atom is -0.504 e. The largest absolute Gasteiger partial charge is 0.504 e. The maximum Gasteiger partial charge on any atom is 0.157 e. The van der Waals surface area contributed by atoms with E-state index in [0.717, 1.165) is 65.6 Å². The molecule has 0 aliphatic carbocycles. The molecule has 0 fully saturated rings. The van der Waals surface area contributed by atoms with Gasteiger partial charge in [0.05, 0.1) is 60.5 Å². The normalized spacial score (nSPS) is 12.8. The first-order chi connectivity index (χ1) is 39.4. The zero-order chi connectivity index (χ0) is 54.3. The van der Waals surface area contributed by atoms with Crippen LogP contribution in [-0.2, 0) is 58.9 Å². The van der Waals surface area contributed by atoms with E-state index in [1.165, 1.54) is 94.5 Å². The van der Waals surface area contributed by atoms with Crippen LogP contribution >= 0.6 is 0 Å². The maximum atomic E-state index is 10.2. The lowest BCUT2D eigenvalue weighted by Crippen LogP contribution is -2.04. The van der Waals surface area contributed by atoms with Crippen LogP contribution in [0, 0.1) is 0 Å². The van der Waals surface area contributed by atoms with Crippen LogP contribution in [0.25, 0.3) is 65.4 Å². The third-order valence-corrected chi connectivity index (χ3v) is 15.7. The van der Waals surface area contributed by atoms with E-state index in [1.807, 2.05) is 18.5 Å². The summed E-state index contributed by atoms with van der Waals surface area (Å²) in [6, 6.07) is 47.7. The minimum absolute atomic E-state index is 0.158. The van der Waals surface area contributed by atoms with Crippen LogP contribution in [0.5, 0.6) is 11.5 Å². The molecule has 15 rings (SSSR count). The van der Waals surface area contributed by atoms with Crippen molar-refractivity contribution in [2.24, 2.45) is 15.0 Å². The van der Waals surface area contributed by atoms with Gasteiger partial charge >= 0.3 is 0 Å². The Bertz CT molecular complexity index is 4280. The fraction of sp³-hybridized carbons (Fsp3) is 0.182. The molecule has 0 saturated carbocycles. The Balaban J connectivity index is 0.000000113. The van der Waals surface area contributed by atoms with Crippen LogP contribution < -0.4 is 16.0 Å². The third kappa shape index (κ3) is 8.97. The third-order valence-electron chi connectivity index (χ3n) is 15.7. The molecule has 5 N–H and O–H groups in total. The lowest BCUT2D eigenvalue weighted by Gasteiger charge is -2.12. The first kappa shape index (κ1) is 49.7.